The number of nitrogens with zero attached hydrogens (tertiary/aromatic N) is 1. The smallest absolute Gasteiger partial charge is 0.216 e. The molecule has 0 unspecified atom stereocenters. The summed E-state index contributed by atoms with van der Waals surface area (Å²) in [5.74, 6) is 1.69. The lowest BCUT2D eigenvalue weighted by molar-refractivity contribution is 0.289. The summed E-state index contributed by atoms with van der Waals surface area (Å²) in [7, 11) is 0. The van der Waals surface area contributed by atoms with Crippen LogP contribution in [0.15, 0.2) is 16.7 Å². The molecule has 3 heteroatoms. The fraction of sp³-hybridized carbons (Fsp3) is 0.545. The number of halogens is 1. The second-order valence-corrected chi connectivity index (χ2v) is 4.77. The van der Waals surface area contributed by atoms with E-state index in [0.717, 1.165) is 28.4 Å². The highest BCUT2D eigenvalue weighted by molar-refractivity contribution is 9.10. The molecular formula is C11H14BrNO. The van der Waals surface area contributed by atoms with E-state index in [1.54, 1.807) is 6.20 Å². The van der Waals surface area contributed by atoms with Crippen LogP contribution in [0, 0.1) is 12.8 Å². The van der Waals surface area contributed by atoms with Gasteiger partial charge in [0, 0.05) is 16.2 Å². The number of hydrogen-bond acceptors (Lipinski definition) is 2. The summed E-state index contributed by atoms with van der Waals surface area (Å²) >= 11 is 3.38. The standard InChI is InChI=1S/C11H14BrNO/c1-8-6-10(12)7-13-11(8)14-5-4-9-2-3-9/h6-7,9H,2-5H2,1H3. The molecule has 0 amide bonds. The van der Waals surface area contributed by atoms with Gasteiger partial charge in [-0.3, -0.25) is 0 Å². The van der Waals surface area contributed by atoms with Crippen molar-refractivity contribution in [2.45, 2.75) is 26.2 Å². The second-order valence-electron chi connectivity index (χ2n) is 3.86. The van der Waals surface area contributed by atoms with Crippen molar-refractivity contribution in [1.29, 1.82) is 0 Å². The van der Waals surface area contributed by atoms with E-state index in [9.17, 15) is 0 Å². The minimum absolute atomic E-state index is 0.772. The molecule has 0 aliphatic heterocycles. The molecular weight excluding hydrogens is 242 g/mol. The Balaban J connectivity index is 1.87. The van der Waals surface area contributed by atoms with Crippen LogP contribution in [0.1, 0.15) is 24.8 Å². The van der Waals surface area contributed by atoms with Crippen LogP contribution in [-0.4, -0.2) is 11.6 Å². The number of hydrogen-bond donors (Lipinski definition) is 0. The average molecular weight is 256 g/mol. The average Bonchev–Trinajstić information content (AvgIpc) is 2.92. The summed E-state index contributed by atoms with van der Waals surface area (Å²) < 4.78 is 6.61. The Morgan fingerprint density at radius 2 is 2.36 bits per heavy atom. The highest BCUT2D eigenvalue weighted by Gasteiger charge is 2.20. The van der Waals surface area contributed by atoms with Crippen LogP contribution in [0.2, 0.25) is 0 Å². The van der Waals surface area contributed by atoms with E-state index < -0.39 is 0 Å². The Bertz CT molecular complexity index is 323. The zero-order valence-corrected chi connectivity index (χ0v) is 9.88. The van der Waals surface area contributed by atoms with Gasteiger partial charge in [0.05, 0.1) is 6.61 Å². The van der Waals surface area contributed by atoms with E-state index in [2.05, 4.69) is 20.9 Å². The van der Waals surface area contributed by atoms with Gasteiger partial charge in [-0.2, -0.15) is 0 Å². The lowest BCUT2D eigenvalue weighted by Crippen LogP contribution is -2.01. The summed E-state index contributed by atoms with van der Waals surface area (Å²) in [6, 6.07) is 2.03. The molecule has 1 aliphatic rings. The highest BCUT2D eigenvalue weighted by Crippen LogP contribution is 2.32. The first-order chi connectivity index (χ1) is 6.75. The maximum Gasteiger partial charge on any atom is 0.216 e. The van der Waals surface area contributed by atoms with Crippen molar-refractivity contribution < 1.29 is 4.74 Å². The van der Waals surface area contributed by atoms with Crippen LogP contribution in [0.4, 0.5) is 0 Å². The lowest BCUT2D eigenvalue weighted by atomic mass is 10.3. The van der Waals surface area contributed by atoms with Crippen LogP contribution in [0.5, 0.6) is 5.88 Å². The topological polar surface area (TPSA) is 22.1 Å². The van der Waals surface area contributed by atoms with Crippen molar-refractivity contribution in [3.63, 3.8) is 0 Å². The van der Waals surface area contributed by atoms with Crippen molar-refractivity contribution in [2.24, 2.45) is 5.92 Å². The Hall–Kier alpha value is -0.570. The van der Waals surface area contributed by atoms with E-state index in [1.165, 1.54) is 19.3 Å². The fourth-order valence-corrected chi connectivity index (χ4v) is 1.85. The van der Waals surface area contributed by atoms with Crippen molar-refractivity contribution in [3.8, 4) is 5.88 Å². The number of pyridine rings is 1. The van der Waals surface area contributed by atoms with Crippen LogP contribution in [0.3, 0.4) is 0 Å². The zero-order valence-electron chi connectivity index (χ0n) is 8.29. The van der Waals surface area contributed by atoms with E-state index in [4.69, 9.17) is 4.74 Å². The Labute approximate surface area is 92.8 Å². The fourth-order valence-electron chi connectivity index (χ4n) is 1.41. The Morgan fingerprint density at radius 3 is 3.00 bits per heavy atom. The van der Waals surface area contributed by atoms with Gasteiger partial charge in [0.2, 0.25) is 5.88 Å². The maximum absolute atomic E-state index is 5.61. The molecule has 0 spiro atoms. The Morgan fingerprint density at radius 1 is 1.57 bits per heavy atom. The van der Waals surface area contributed by atoms with Crippen molar-refractivity contribution in [3.05, 3.63) is 22.3 Å². The summed E-state index contributed by atoms with van der Waals surface area (Å²) in [4.78, 5) is 4.23. The van der Waals surface area contributed by atoms with Gasteiger partial charge in [0.25, 0.3) is 0 Å². The van der Waals surface area contributed by atoms with Gasteiger partial charge in [0.1, 0.15) is 0 Å². The molecule has 0 radical (unpaired) electrons. The third-order valence-corrected chi connectivity index (χ3v) is 2.89. The van der Waals surface area contributed by atoms with E-state index in [0.29, 0.717) is 0 Å². The molecule has 2 rings (SSSR count). The molecule has 1 fully saturated rings. The van der Waals surface area contributed by atoms with Crippen LogP contribution < -0.4 is 4.74 Å². The molecule has 1 heterocycles. The Kier molecular flexibility index (Phi) is 3.06. The third-order valence-electron chi connectivity index (χ3n) is 2.46. The number of ether oxygens (including phenoxy) is 1. The molecule has 1 aliphatic carbocycles. The SMILES string of the molecule is Cc1cc(Br)cnc1OCCC1CC1. The van der Waals surface area contributed by atoms with E-state index >= 15 is 0 Å². The minimum atomic E-state index is 0.772. The molecule has 14 heavy (non-hydrogen) atoms. The first kappa shape index (κ1) is 9.97. The van der Waals surface area contributed by atoms with Crippen molar-refractivity contribution in [1.82, 2.24) is 4.98 Å². The largest absolute Gasteiger partial charge is 0.477 e. The van der Waals surface area contributed by atoms with E-state index in [-0.39, 0.29) is 0 Å². The first-order valence-electron chi connectivity index (χ1n) is 5.00. The highest BCUT2D eigenvalue weighted by atomic mass is 79.9. The molecule has 0 bridgehead atoms. The molecule has 1 aromatic heterocycles. The maximum atomic E-state index is 5.61. The van der Waals surface area contributed by atoms with Crippen molar-refractivity contribution in [2.75, 3.05) is 6.61 Å². The van der Waals surface area contributed by atoms with Crippen molar-refractivity contribution >= 4 is 15.9 Å². The van der Waals surface area contributed by atoms with Crippen LogP contribution >= 0.6 is 15.9 Å². The molecule has 0 saturated heterocycles. The summed E-state index contributed by atoms with van der Waals surface area (Å²) in [5.41, 5.74) is 1.09. The molecule has 0 N–H and O–H groups in total. The van der Waals surface area contributed by atoms with Gasteiger partial charge >= 0.3 is 0 Å². The van der Waals surface area contributed by atoms with Crippen LogP contribution in [-0.2, 0) is 0 Å². The zero-order chi connectivity index (χ0) is 9.97. The predicted octanol–water partition coefficient (Wildman–Crippen LogP) is 3.33. The van der Waals surface area contributed by atoms with Crippen LogP contribution in [0.25, 0.3) is 0 Å². The number of rotatable bonds is 4. The molecule has 0 atom stereocenters. The van der Waals surface area contributed by atoms with Gasteiger partial charge in [-0.15, -0.1) is 0 Å². The van der Waals surface area contributed by atoms with Gasteiger partial charge in [-0.1, -0.05) is 12.8 Å². The predicted molar refractivity (Wildman–Crippen MR) is 59.5 cm³/mol. The lowest BCUT2D eigenvalue weighted by Gasteiger charge is -2.07. The molecule has 1 aromatic rings. The van der Waals surface area contributed by atoms with Gasteiger partial charge in [-0.05, 0) is 41.3 Å². The molecule has 76 valence electrons. The molecule has 1 saturated carbocycles. The molecule has 0 aromatic carbocycles. The van der Waals surface area contributed by atoms with Gasteiger partial charge in [-0.25, -0.2) is 4.98 Å². The quantitative estimate of drug-likeness (QED) is 0.824. The number of aromatic nitrogens is 1. The normalized spacial score (nSPS) is 15.6. The minimum Gasteiger partial charge on any atom is -0.477 e. The third kappa shape index (κ3) is 2.71. The molecule has 2 nitrogen and oxygen atoms in total. The summed E-state index contributed by atoms with van der Waals surface area (Å²) in [6.45, 7) is 2.82. The summed E-state index contributed by atoms with van der Waals surface area (Å²) in [6.07, 6.45) is 5.73. The second kappa shape index (κ2) is 4.30. The number of aryl methyl sites for hydroxylation is 1. The first-order valence-corrected chi connectivity index (χ1v) is 5.80. The summed E-state index contributed by atoms with van der Waals surface area (Å²) in [5, 5.41) is 0. The van der Waals surface area contributed by atoms with E-state index in [1.807, 2.05) is 13.0 Å². The monoisotopic (exact) mass is 255 g/mol. The van der Waals surface area contributed by atoms with Gasteiger partial charge < -0.3 is 4.74 Å². The van der Waals surface area contributed by atoms with Gasteiger partial charge in [0.15, 0.2) is 0 Å².